The van der Waals surface area contributed by atoms with Crippen molar-refractivity contribution in [3.8, 4) is 22.4 Å². The van der Waals surface area contributed by atoms with Crippen LogP contribution in [-0.2, 0) is 0 Å². The van der Waals surface area contributed by atoms with Gasteiger partial charge in [-0.25, -0.2) is 0 Å². The third-order valence-electron chi connectivity index (χ3n) is 4.04. The number of hydrogen-bond donors (Lipinski definition) is 1. The van der Waals surface area contributed by atoms with Gasteiger partial charge in [0.25, 0.3) is 0 Å². The Bertz CT molecular complexity index is 973. The largest absolute Gasteiger partial charge is 0.353 e. The van der Waals surface area contributed by atoms with Crippen molar-refractivity contribution in [1.29, 1.82) is 0 Å². The number of nitroso groups, excluding NO2 is 1. The topological polar surface area (TPSA) is 45.2 Å². The maximum Gasteiger partial charge on any atom is 0.141 e. The number of nitrogens with one attached hydrogen (secondary N) is 1. The number of aromatic amines is 1. The molecule has 110 valence electrons. The Morgan fingerprint density at radius 2 is 1.35 bits per heavy atom. The fraction of sp³-hybridized carbons (Fsp3) is 0. The van der Waals surface area contributed by atoms with Crippen LogP contribution in [0.2, 0.25) is 0 Å². The second-order valence-corrected chi connectivity index (χ2v) is 5.40. The molecule has 3 nitrogen and oxygen atoms in total. The van der Waals surface area contributed by atoms with E-state index in [0.717, 1.165) is 33.3 Å². The van der Waals surface area contributed by atoms with Gasteiger partial charge >= 0.3 is 0 Å². The average molecular weight is 298 g/mol. The van der Waals surface area contributed by atoms with Gasteiger partial charge in [0, 0.05) is 16.5 Å². The maximum absolute atomic E-state index is 11.6. The summed E-state index contributed by atoms with van der Waals surface area (Å²) >= 11 is 0. The van der Waals surface area contributed by atoms with E-state index in [1.807, 2.05) is 78.9 Å². The minimum atomic E-state index is 0.464. The summed E-state index contributed by atoms with van der Waals surface area (Å²) in [6, 6.07) is 25.8. The molecular weight excluding hydrogens is 284 g/mol. The van der Waals surface area contributed by atoms with Gasteiger partial charge in [0.2, 0.25) is 0 Å². The molecule has 0 bridgehead atoms. The summed E-state index contributed by atoms with van der Waals surface area (Å²) in [7, 11) is 0. The Morgan fingerprint density at radius 1 is 0.696 bits per heavy atom. The van der Waals surface area contributed by atoms with Crippen LogP contribution in [-0.4, -0.2) is 4.98 Å². The lowest BCUT2D eigenvalue weighted by Gasteiger charge is -2.04. The molecule has 23 heavy (non-hydrogen) atoms. The highest BCUT2D eigenvalue weighted by Crippen LogP contribution is 2.41. The first-order valence-corrected chi connectivity index (χ1v) is 7.47. The second-order valence-electron chi connectivity index (χ2n) is 5.40. The van der Waals surface area contributed by atoms with E-state index in [-0.39, 0.29) is 0 Å². The number of hydrogen-bond acceptors (Lipinski definition) is 2. The Hall–Kier alpha value is -3.20. The van der Waals surface area contributed by atoms with Crippen LogP contribution in [0.1, 0.15) is 0 Å². The molecule has 0 atom stereocenters. The van der Waals surface area contributed by atoms with Gasteiger partial charge in [-0.2, -0.15) is 0 Å². The van der Waals surface area contributed by atoms with Gasteiger partial charge in [0.05, 0.1) is 5.69 Å². The summed E-state index contributed by atoms with van der Waals surface area (Å²) in [5, 5.41) is 4.21. The summed E-state index contributed by atoms with van der Waals surface area (Å²) in [5.41, 5.74) is 5.18. The summed E-state index contributed by atoms with van der Waals surface area (Å²) in [6.07, 6.45) is 0. The van der Waals surface area contributed by atoms with Crippen LogP contribution in [0.4, 0.5) is 5.69 Å². The first-order chi connectivity index (χ1) is 11.4. The molecule has 4 aromatic rings. The SMILES string of the molecule is O=Nc1c(-c2ccccc2)[nH]c2cccc(-c3ccccc3)c12. The molecule has 0 fully saturated rings. The van der Waals surface area contributed by atoms with Crippen molar-refractivity contribution in [3.63, 3.8) is 0 Å². The Labute approximate surface area is 133 Å². The smallest absolute Gasteiger partial charge is 0.141 e. The van der Waals surface area contributed by atoms with Crippen molar-refractivity contribution in [2.75, 3.05) is 0 Å². The molecule has 1 heterocycles. The first-order valence-electron chi connectivity index (χ1n) is 7.47. The van der Waals surface area contributed by atoms with Crippen molar-refractivity contribution >= 4 is 16.6 Å². The van der Waals surface area contributed by atoms with Gasteiger partial charge < -0.3 is 4.98 Å². The molecule has 0 radical (unpaired) electrons. The molecular formula is C20H14N2O. The van der Waals surface area contributed by atoms with Crippen LogP contribution in [0.5, 0.6) is 0 Å². The van der Waals surface area contributed by atoms with Gasteiger partial charge in [-0.05, 0) is 22.4 Å². The quantitative estimate of drug-likeness (QED) is 0.470. The van der Waals surface area contributed by atoms with E-state index < -0.39 is 0 Å². The Kier molecular flexibility index (Phi) is 3.24. The normalized spacial score (nSPS) is 10.8. The molecule has 3 heteroatoms. The van der Waals surface area contributed by atoms with Crippen LogP contribution in [0.3, 0.4) is 0 Å². The van der Waals surface area contributed by atoms with Gasteiger partial charge in [-0.15, -0.1) is 4.91 Å². The first kappa shape index (κ1) is 13.5. The molecule has 0 saturated heterocycles. The second kappa shape index (κ2) is 5.54. The molecule has 0 amide bonds. The molecule has 0 spiro atoms. The van der Waals surface area contributed by atoms with Crippen molar-refractivity contribution in [2.45, 2.75) is 0 Å². The monoisotopic (exact) mass is 298 g/mol. The van der Waals surface area contributed by atoms with E-state index in [1.54, 1.807) is 0 Å². The third kappa shape index (κ3) is 2.23. The fourth-order valence-electron chi connectivity index (χ4n) is 2.99. The summed E-state index contributed by atoms with van der Waals surface area (Å²) in [5.74, 6) is 0. The van der Waals surface area contributed by atoms with Crippen molar-refractivity contribution in [1.82, 2.24) is 4.98 Å². The van der Waals surface area contributed by atoms with Crippen LogP contribution < -0.4 is 0 Å². The molecule has 0 unspecified atom stereocenters. The van der Waals surface area contributed by atoms with Crippen LogP contribution in [0, 0.1) is 4.91 Å². The van der Waals surface area contributed by atoms with E-state index in [9.17, 15) is 4.91 Å². The maximum atomic E-state index is 11.6. The number of benzene rings is 3. The van der Waals surface area contributed by atoms with Crippen LogP contribution in [0.25, 0.3) is 33.3 Å². The molecule has 1 N–H and O–H groups in total. The molecule has 1 aromatic heterocycles. The van der Waals surface area contributed by atoms with E-state index in [2.05, 4.69) is 10.2 Å². The highest BCUT2D eigenvalue weighted by molar-refractivity contribution is 6.08. The van der Waals surface area contributed by atoms with E-state index in [1.165, 1.54) is 0 Å². The van der Waals surface area contributed by atoms with E-state index in [4.69, 9.17) is 0 Å². The van der Waals surface area contributed by atoms with Crippen LogP contribution in [0.15, 0.2) is 84.0 Å². The standard InChI is InChI=1S/C20H14N2O/c23-22-20-18-16(14-8-3-1-4-9-14)12-7-13-17(18)21-19(20)15-10-5-2-6-11-15/h1-13,21H. The van der Waals surface area contributed by atoms with Gasteiger partial charge in [0.1, 0.15) is 5.69 Å². The molecule has 4 rings (SSSR count). The lowest BCUT2D eigenvalue weighted by atomic mass is 10.00. The van der Waals surface area contributed by atoms with Crippen molar-refractivity contribution in [3.05, 3.63) is 83.8 Å². The minimum absolute atomic E-state index is 0.464. The Balaban J connectivity index is 2.05. The van der Waals surface area contributed by atoms with Gasteiger partial charge in [-0.3, -0.25) is 0 Å². The van der Waals surface area contributed by atoms with Crippen molar-refractivity contribution in [2.24, 2.45) is 5.18 Å². The predicted molar refractivity (Wildman–Crippen MR) is 94.6 cm³/mol. The molecule has 3 aromatic carbocycles. The Morgan fingerprint density at radius 3 is 2.00 bits per heavy atom. The van der Waals surface area contributed by atoms with E-state index in [0.29, 0.717) is 5.69 Å². The number of H-pyrrole nitrogens is 1. The zero-order chi connectivity index (χ0) is 15.6. The number of rotatable bonds is 3. The molecule has 0 aliphatic rings. The predicted octanol–water partition coefficient (Wildman–Crippen LogP) is 5.90. The summed E-state index contributed by atoms with van der Waals surface area (Å²) < 4.78 is 0. The number of fused-ring (bicyclic) bond motifs is 1. The lowest BCUT2D eigenvalue weighted by Crippen LogP contribution is -1.78. The zero-order valence-corrected chi connectivity index (χ0v) is 12.4. The number of aromatic nitrogens is 1. The van der Waals surface area contributed by atoms with Crippen molar-refractivity contribution < 1.29 is 0 Å². The fourth-order valence-corrected chi connectivity index (χ4v) is 2.99. The zero-order valence-electron chi connectivity index (χ0n) is 12.4. The lowest BCUT2D eigenvalue weighted by molar-refractivity contribution is 1.42. The summed E-state index contributed by atoms with van der Waals surface area (Å²) in [4.78, 5) is 14.9. The van der Waals surface area contributed by atoms with Gasteiger partial charge in [-0.1, -0.05) is 72.8 Å². The molecule has 0 aliphatic carbocycles. The highest BCUT2D eigenvalue weighted by atomic mass is 16.3. The molecule has 0 aliphatic heterocycles. The van der Waals surface area contributed by atoms with Crippen LogP contribution >= 0.6 is 0 Å². The summed E-state index contributed by atoms with van der Waals surface area (Å²) in [6.45, 7) is 0. The minimum Gasteiger partial charge on any atom is -0.353 e. The third-order valence-corrected chi connectivity index (χ3v) is 4.04. The molecule has 0 saturated carbocycles. The average Bonchev–Trinajstić information content (AvgIpc) is 3.02. The highest BCUT2D eigenvalue weighted by Gasteiger charge is 2.17. The van der Waals surface area contributed by atoms with E-state index >= 15 is 0 Å². The van der Waals surface area contributed by atoms with Gasteiger partial charge in [0.15, 0.2) is 0 Å². The number of nitrogens with zero attached hydrogens (tertiary/aromatic N) is 1.